The Morgan fingerprint density at radius 1 is 1.04 bits per heavy atom. The van der Waals surface area contributed by atoms with Gasteiger partial charge in [0.15, 0.2) is 11.6 Å². The number of nitrogens with zero attached hydrogens (tertiary/aromatic N) is 4. The van der Waals surface area contributed by atoms with Crippen LogP contribution in [0.15, 0.2) is 47.3 Å². The van der Waals surface area contributed by atoms with Crippen LogP contribution in [0.25, 0.3) is 10.9 Å². The maximum Gasteiger partial charge on any atom is 0.341 e. The fourth-order valence-electron chi connectivity index (χ4n) is 7.88. The molecule has 0 bridgehead atoms. The summed E-state index contributed by atoms with van der Waals surface area (Å²) in [5.41, 5.74) is 0.990. The van der Waals surface area contributed by atoms with E-state index in [-0.39, 0.29) is 58.5 Å². The molecule has 1 aliphatic carbocycles. The second-order valence-corrected chi connectivity index (χ2v) is 13.9. The second kappa shape index (κ2) is 12.4. The van der Waals surface area contributed by atoms with Crippen LogP contribution in [0.4, 0.5) is 10.1 Å². The summed E-state index contributed by atoms with van der Waals surface area (Å²) in [6.45, 7) is 8.79. The van der Waals surface area contributed by atoms with Gasteiger partial charge in [0.25, 0.3) is 0 Å². The molecule has 1 saturated heterocycles. The third-order valence-corrected chi connectivity index (χ3v) is 10.9. The van der Waals surface area contributed by atoms with Crippen molar-refractivity contribution in [1.29, 1.82) is 0 Å². The number of benzene rings is 2. The van der Waals surface area contributed by atoms with Crippen molar-refractivity contribution in [2.45, 2.75) is 71.0 Å². The molecule has 1 saturated carbocycles. The average molecular weight is 685 g/mol. The smallest absolute Gasteiger partial charge is 0.341 e. The number of carbonyl (C=O) groups is 3. The maximum absolute atomic E-state index is 16.4. The molecule has 3 aliphatic rings. The van der Waals surface area contributed by atoms with Gasteiger partial charge in [-0.1, -0.05) is 30.3 Å². The van der Waals surface area contributed by atoms with Gasteiger partial charge < -0.3 is 28.6 Å². The van der Waals surface area contributed by atoms with E-state index >= 15 is 4.39 Å². The SMILES string of the molecule is COc1c(N2CCN(COC(=O)C3(C)CCn4c(C(=O)c5ccccc5)ccc43)C(C)C2)c(F)c(C)c2c(=O)c(C(=O)O)c(C)n(C3CC3)c12. The monoisotopic (exact) mass is 684 g/mol. The van der Waals surface area contributed by atoms with E-state index in [4.69, 9.17) is 9.47 Å². The number of carboxylic acid groups (broad SMARTS) is 1. The van der Waals surface area contributed by atoms with Crippen molar-refractivity contribution in [3.8, 4) is 5.75 Å². The highest BCUT2D eigenvalue weighted by Gasteiger charge is 2.45. The molecule has 12 heteroatoms. The number of piperazine rings is 1. The van der Waals surface area contributed by atoms with E-state index in [1.54, 1.807) is 25.1 Å². The number of carboxylic acids is 1. The van der Waals surface area contributed by atoms with Crippen LogP contribution < -0.4 is 15.1 Å². The Kier molecular flexibility index (Phi) is 8.32. The molecule has 0 amide bonds. The summed E-state index contributed by atoms with van der Waals surface area (Å²) in [6, 6.07) is 12.5. The number of methoxy groups -OCH3 is 1. The van der Waals surface area contributed by atoms with Crippen molar-refractivity contribution < 1.29 is 33.4 Å². The van der Waals surface area contributed by atoms with Crippen LogP contribution in [-0.2, 0) is 21.5 Å². The lowest BCUT2D eigenvalue weighted by atomic mass is 9.86. The summed E-state index contributed by atoms with van der Waals surface area (Å²) in [6.07, 6.45) is 2.15. The van der Waals surface area contributed by atoms with Gasteiger partial charge in [-0.25, -0.2) is 9.18 Å². The van der Waals surface area contributed by atoms with E-state index in [1.165, 1.54) is 14.0 Å². The Labute approximate surface area is 288 Å². The lowest BCUT2D eigenvalue weighted by Crippen LogP contribution is -2.53. The Balaban J connectivity index is 1.11. The maximum atomic E-state index is 16.4. The third-order valence-electron chi connectivity index (χ3n) is 10.9. The standard InChI is InChI=1S/C38H41FN4O7/c1-21-19-40(32-30(39)22(2)28-31(35(32)49-5)43(25-11-12-25)23(3)29(34(28)45)36(46)47)17-18-41(21)20-50-37(48)38(4)15-16-42-26(13-14-27(38)42)33(44)24-9-7-6-8-10-24/h6-10,13-14,21,25H,11-12,15-20H2,1-5H3,(H,46,47). The molecule has 1 N–H and O–H groups in total. The van der Waals surface area contributed by atoms with E-state index in [0.29, 0.717) is 55.1 Å². The van der Waals surface area contributed by atoms with Crippen LogP contribution in [0, 0.1) is 19.7 Å². The van der Waals surface area contributed by atoms with E-state index in [2.05, 4.69) is 0 Å². The Morgan fingerprint density at radius 3 is 2.40 bits per heavy atom. The summed E-state index contributed by atoms with van der Waals surface area (Å²) >= 11 is 0. The first-order valence-electron chi connectivity index (χ1n) is 17.0. The summed E-state index contributed by atoms with van der Waals surface area (Å²) in [7, 11) is 1.44. The third kappa shape index (κ3) is 5.19. The topological polar surface area (TPSA) is 123 Å². The number of ether oxygens (including phenoxy) is 2. The van der Waals surface area contributed by atoms with Crippen molar-refractivity contribution in [1.82, 2.24) is 14.0 Å². The number of aromatic carboxylic acids is 1. The minimum absolute atomic E-state index is 0.00575. The number of esters is 1. The average Bonchev–Trinajstić information content (AvgIpc) is 3.74. The number of anilines is 1. The number of halogens is 1. The normalized spacial score (nSPS) is 20.6. The zero-order valence-corrected chi connectivity index (χ0v) is 28.9. The number of aryl methyl sites for hydroxylation is 1. The van der Waals surface area contributed by atoms with Gasteiger partial charge in [0.05, 0.1) is 23.7 Å². The van der Waals surface area contributed by atoms with Crippen molar-refractivity contribution in [2.24, 2.45) is 0 Å². The van der Waals surface area contributed by atoms with Gasteiger partial charge in [-0.3, -0.25) is 19.3 Å². The first-order chi connectivity index (χ1) is 23.9. The number of hydrogen-bond acceptors (Lipinski definition) is 8. The number of hydrogen-bond donors (Lipinski definition) is 1. The number of fused-ring (bicyclic) bond motifs is 2. The lowest BCUT2D eigenvalue weighted by molar-refractivity contribution is -0.156. The fraction of sp³-hybridized carbons (Fsp3) is 0.421. The minimum atomic E-state index is -1.34. The van der Waals surface area contributed by atoms with E-state index in [9.17, 15) is 24.3 Å². The van der Waals surface area contributed by atoms with Crippen molar-refractivity contribution >= 4 is 34.3 Å². The number of rotatable bonds is 9. The van der Waals surface area contributed by atoms with Crippen LogP contribution in [0.2, 0.25) is 0 Å². The molecule has 11 nitrogen and oxygen atoms in total. The van der Waals surface area contributed by atoms with Gasteiger partial charge in [0.1, 0.15) is 23.4 Å². The molecule has 2 unspecified atom stereocenters. The zero-order valence-electron chi connectivity index (χ0n) is 28.9. The fourth-order valence-corrected chi connectivity index (χ4v) is 7.88. The highest BCUT2D eigenvalue weighted by molar-refractivity contribution is 6.08. The lowest BCUT2D eigenvalue weighted by Gasteiger charge is -2.41. The molecular formula is C38H41FN4O7. The second-order valence-electron chi connectivity index (χ2n) is 13.9. The van der Waals surface area contributed by atoms with Gasteiger partial charge in [-0.05, 0) is 59.1 Å². The van der Waals surface area contributed by atoms with Gasteiger partial charge in [-0.2, -0.15) is 0 Å². The molecule has 50 heavy (non-hydrogen) atoms. The highest BCUT2D eigenvalue weighted by Crippen LogP contribution is 2.46. The molecule has 2 aliphatic heterocycles. The summed E-state index contributed by atoms with van der Waals surface area (Å²) < 4.78 is 31.9. The van der Waals surface area contributed by atoms with Crippen LogP contribution >= 0.6 is 0 Å². The van der Waals surface area contributed by atoms with Crippen LogP contribution in [0.1, 0.15) is 82.5 Å². The molecule has 4 heterocycles. The molecule has 2 aromatic carbocycles. The molecule has 2 atom stereocenters. The number of aromatic nitrogens is 2. The molecule has 7 rings (SSSR count). The molecule has 4 aromatic rings. The zero-order chi connectivity index (χ0) is 35.6. The predicted molar refractivity (Wildman–Crippen MR) is 185 cm³/mol. The number of carbonyl (C=O) groups excluding carboxylic acids is 2. The Hall–Kier alpha value is -4.97. The molecular weight excluding hydrogens is 643 g/mol. The van der Waals surface area contributed by atoms with Crippen molar-refractivity contribution in [3.05, 3.63) is 92.3 Å². The van der Waals surface area contributed by atoms with Crippen LogP contribution in [0.3, 0.4) is 0 Å². The van der Waals surface area contributed by atoms with Gasteiger partial charge in [-0.15, -0.1) is 0 Å². The van der Waals surface area contributed by atoms with Gasteiger partial charge in [0, 0.05) is 60.8 Å². The van der Waals surface area contributed by atoms with Gasteiger partial charge >= 0.3 is 11.9 Å². The molecule has 2 aromatic heterocycles. The van der Waals surface area contributed by atoms with E-state index in [0.717, 1.165) is 18.5 Å². The largest absolute Gasteiger partial charge is 0.492 e. The molecule has 0 radical (unpaired) electrons. The number of pyridine rings is 1. The van der Waals surface area contributed by atoms with E-state index < -0.39 is 22.6 Å². The quantitative estimate of drug-likeness (QED) is 0.187. The molecule has 0 spiro atoms. The predicted octanol–water partition coefficient (Wildman–Crippen LogP) is 5.20. The minimum Gasteiger partial charge on any atom is -0.492 e. The first-order valence-corrected chi connectivity index (χ1v) is 17.0. The first kappa shape index (κ1) is 33.5. The van der Waals surface area contributed by atoms with Crippen molar-refractivity contribution in [3.63, 3.8) is 0 Å². The van der Waals surface area contributed by atoms with Crippen LogP contribution in [-0.4, -0.2) is 76.4 Å². The molecule has 2 fully saturated rings. The number of ketones is 1. The highest BCUT2D eigenvalue weighted by atomic mass is 19.1. The van der Waals surface area contributed by atoms with Crippen LogP contribution in [0.5, 0.6) is 5.75 Å². The summed E-state index contributed by atoms with van der Waals surface area (Å²) in [5, 5.41) is 9.92. The summed E-state index contributed by atoms with van der Waals surface area (Å²) in [5.74, 6) is -2.21. The van der Waals surface area contributed by atoms with Gasteiger partial charge in [0.2, 0.25) is 11.2 Å². The summed E-state index contributed by atoms with van der Waals surface area (Å²) in [4.78, 5) is 56.4. The molecule has 262 valence electrons. The Bertz CT molecular complexity index is 2120. The van der Waals surface area contributed by atoms with Crippen molar-refractivity contribution in [2.75, 3.05) is 38.4 Å². The van der Waals surface area contributed by atoms with E-state index in [1.807, 2.05) is 57.0 Å². The Morgan fingerprint density at radius 2 is 1.76 bits per heavy atom.